The molecule has 1 unspecified atom stereocenters. The second-order valence-corrected chi connectivity index (χ2v) is 9.77. The highest BCUT2D eigenvalue weighted by Gasteiger charge is 2.56. The molecule has 5 fully saturated rings. The smallest absolute Gasteiger partial charge is 0.225 e. The largest absolute Gasteiger partial charge is 0.375 e. The van der Waals surface area contributed by atoms with Crippen LogP contribution in [0.4, 0.5) is 0 Å². The summed E-state index contributed by atoms with van der Waals surface area (Å²) >= 11 is 0. The molecule has 0 aromatic rings. The van der Waals surface area contributed by atoms with Crippen molar-refractivity contribution in [2.45, 2.75) is 94.7 Å². The molecule has 2 saturated heterocycles. The minimum Gasteiger partial charge on any atom is -0.375 e. The lowest BCUT2D eigenvalue weighted by molar-refractivity contribution is -0.203. The number of rotatable bonds is 5. The maximum absolute atomic E-state index is 12.5. The van der Waals surface area contributed by atoms with E-state index in [4.69, 9.17) is 4.74 Å². The van der Waals surface area contributed by atoms with Gasteiger partial charge in [0, 0.05) is 43.7 Å². The zero-order valence-corrected chi connectivity index (χ0v) is 16.3. The Morgan fingerprint density at radius 2 is 1.65 bits per heavy atom. The van der Waals surface area contributed by atoms with Gasteiger partial charge in [0.1, 0.15) is 0 Å². The molecule has 0 aromatic heterocycles. The van der Waals surface area contributed by atoms with Gasteiger partial charge < -0.3 is 9.64 Å². The Morgan fingerprint density at radius 1 is 0.923 bits per heavy atom. The second kappa shape index (κ2) is 7.09. The fourth-order valence-corrected chi connectivity index (χ4v) is 5.94. The van der Waals surface area contributed by atoms with Crippen LogP contribution in [0.2, 0.25) is 0 Å². The second-order valence-electron chi connectivity index (χ2n) is 9.77. The van der Waals surface area contributed by atoms with Crippen LogP contribution in [0.3, 0.4) is 0 Å². The van der Waals surface area contributed by atoms with Gasteiger partial charge in [0.15, 0.2) is 0 Å². The van der Waals surface area contributed by atoms with Gasteiger partial charge in [-0.25, -0.2) is 0 Å². The first-order chi connectivity index (χ1) is 12.8. The van der Waals surface area contributed by atoms with Gasteiger partial charge in [0.05, 0.1) is 6.10 Å². The standard InChI is InChI=1S/C22H36N2O2/c25-21(18-5-4-6-18)23-13-9-19(10-14-23)24-15-20(26-16-17-7-8-17)22(24)11-2-1-3-12-22/h17-20H,1-16H2. The van der Waals surface area contributed by atoms with Crippen LogP contribution in [-0.4, -0.2) is 59.6 Å². The fraction of sp³-hybridized carbons (Fsp3) is 0.955. The van der Waals surface area contributed by atoms with Gasteiger partial charge >= 0.3 is 0 Å². The third-order valence-corrected chi connectivity index (χ3v) is 8.15. The molecule has 2 aliphatic heterocycles. The van der Waals surface area contributed by atoms with E-state index >= 15 is 0 Å². The predicted molar refractivity (Wildman–Crippen MR) is 102 cm³/mol. The van der Waals surface area contributed by atoms with Crippen molar-refractivity contribution in [2.24, 2.45) is 11.8 Å². The summed E-state index contributed by atoms with van der Waals surface area (Å²) < 4.78 is 6.42. The van der Waals surface area contributed by atoms with E-state index in [2.05, 4.69) is 9.80 Å². The Labute approximate surface area is 158 Å². The summed E-state index contributed by atoms with van der Waals surface area (Å²) in [7, 11) is 0. The summed E-state index contributed by atoms with van der Waals surface area (Å²) in [5.74, 6) is 1.68. The topological polar surface area (TPSA) is 32.8 Å². The lowest BCUT2D eigenvalue weighted by atomic mass is 9.69. The molecule has 26 heavy (non-hydrogen) atoms. The average Bonchev–Trinajstić information content (AvgIpc) is 3.45. The van der Waals surface area contributed by atoms with Crippen molar-refractivity contribution in [1.29, 1.82) is 0 Å². The molecule has 0 radical (unpaired) electrons. The molecule has 146 valence electrons. The van der Waals surface area contributed by atoms with Crippen LogP contribution in [0.1, 0.15) is 77.0 Å². The van der Waals surface area contributed by atoms with E-state index in [0.29, 0.717) is 29.5 Å². The monoisotopic (exact) mass is 360 g/mol. The molecule has 0 aromatic carbocycles. The Hall–Kier alpha value is -0.610. The Kier molecular flexibility index (Phi) is 4.77. The van der Waals surface area contributed by atoms with Crippen LogP contribution in [0.5, 0.6) is 0 Å². The number of hydrogen-bond donors (Lipinski definition) is 0. The van der Waals surface area contributed by atoms with Crippen molar-refractivity contribution in [2.75, 3.05) is 26.2 Å². The summed E-state index contributed by atoms with van der Waals surface area (Å²) in [6, 6.07) is 0.680. The average molecular weight is 361 g/mol. The van der Waals surface area contributed by atoms with Gasteiger partial charge in [0.25, 0.3) is 0 Å². The molecule has 3 aliphatic carbocycles. The predicted octanol–water partition coefficient (Wildman–Crippen LogP) is 3.59. The molecule has 4 nitrogen and oxygen atoms in total. The van der Waals surface area contributed by atoms with E-state index in [0.717, 1.165) is 45.0 Å². The van der Waals surface area contributed by atoms with Gasteiger partial charge in [-0.2, -0.15) is 0 Å². The van der Waals surface area contributed by atoms with Crippen molar-refractivity contribution < 1.29 is 9.53 Å². The highest BCUT2D eigenvalue weighted by molar-refractivity contribution is 5.79. The maximum Gasteiger partial charge on any atom is 0.225 e. The molecule has 1 spiro atoms. The third-order valence-electron chi connectivity index (χ3n) is 8.15. The van der Waals surface area contributed by atoms with Crippen LogP contribution >= 0.6 is 0 Å². The van der Waals surface area contributed by atoms with Gasteiger partial charge in [-0.15, -0.1) is 0 Å². The first-order valence-corrected chi connectivity index (χ1v) is 11.4. The normalized spacial score (nSPS) is 33.1. The third kappa shape index (κ3) is 3.11. The lowest BCUT2D eigenvalue weighted by Crippen LogP contribution is -2.75. The van der Waals surface area contributed by atoms with Gasteiger partial charge in [-0.3, -0.25) is 9.69 Å². The van der Waals surface area contributed by atoms with Crippen molar-refractivity contribution in [3.05, 3.63) is 0 Å². The summed E-state index contributed by atoms with van der Waals surface area (Å²) in [5, 5.41) is 0. The zero-order chi connectivity index (χ0) is 17.6. The lowest BCUT2D eigenvalue weighted by Gasteiger charge is -2.63. The van der Waals surface area contributed by atoms with E-state index in [1.807, 2.05) is 0 Å². The number of likely N-dealkylation sites (tertiary alicyclic amines) is 2. The molecular weight excluding hydrogens is 324 g/mol. The minimum absolute atomic E-state index is 0.345. The number of carbonyl (C=O) groups excluding carboxylic acids is 1. The van der Waals surface area contributed by atoms with Crippen LogP contribution in [0.25, 0.3) is 0 Å². The summed E-state index contributed by atoms with van der Waals surface area (Å²) in [6.07, 6.45) is 16.0. The molecular formula is C22H36N2O2. The van der Waals surface area contributed by atoms with Crippen molar-refractivity contribution in [3.8, 4) is 0 Å². The van der Waals surface area contributed by atoms with Gasteiger partial charge in [0.2, 0.25) is 5.91 Å². The fourth-order valence-electron chi connectivity index (χ4n) is 5.94. The summed E-state index contributed by atoms with van der Waals surface area (Å²) in [6.45, 7) is 4.13. The number of amides is 1. The van der Waals surface area contributed by atoms with Gasteiger partial charge in [-0.05, 0) is 57.3 Å². The molecule has 5 aliphatic rings. The number of ether oxygens (including phenoxy) is 1. The molecule has 4 heteroatoms. The molecule has 1 atom stereocenters. The van der Waals surface area contributed by atoms with Crippen molar-refractivity contribution in [3.63, 3.8) is 0 Å². The molecule has 3 saturated carbocycles. The molecule has 1 amide bonds. The Morgan fingerprint density at radius 3 is 2.27 bits per heavy atom. The van der Waals surface area contributed by atoms with Gasteiger partial charge in [-0.1, -0.05) is 25.7 Å². The first-order valence-electron chi connectivity index (χ1n) is 11.4. The maximum atomic E-state index is 12.5. The Balaban J connectivity index is 1.18. The first kappa shape index (κ1) is 17.5. The van der Waals surface area contributed by atoms with E-state index in [1.165, 1.54) is 64.2 Å². The molecule has 5 rings (SSSR count). The van der Waals surface area contributed by atoms with Crippen molar-refractivity contribution in [1.82, 2.24) is 9.80 Å². The number of nitrogens with zero attached hydrogens (tertiary/aromatic N) is 2. The number of hydrogen-bond acceptors (Lipinski definition) is 3. The molecule has 2 heterocycles. The Bertz CT molecular complexity index is 514. The van der Waals surface area contributed by atoms with Crippen LogP contribution < -0.4 is 0 Å². The zero-order valence-electron chi connectivity index (χ0n) is 16.3. The number of carbonyl (C=O) groups is 1. The van der Waals surface area contributed by atoms with Crippen LogP contribution in [-0.2, 0) is 9.53 Å². The van der Waals surface area contributed by atoms with Crippen LogP contribution in [0, 0.1) is 11.8 Å². The molecule has 0 bridgehead atoms. The number of piperidine rings is 1. The van der Waals surface area contributed by atoms with Crippen molar-refractivity contribution >= 4 is 5.91 Å². The van der Waals surface area contributed by atoms with Crippen LogP contribution in [0.15, 0.2) is 0 Å². The van der Waals surface area contributed by atoms with E-state index in [-0.39, 0.29) is 0 Å². The minimum atomic E-state index is 0.345. The highest BCUT2D eigenvalue weighted by atomic mass is 16.5. The summed E-state index contributed by atoms with van der Waals surface area (Å²) in [5.41, 5.74) is 0.345. The van der Waals surface area contributed by atoms with E-state index < -0.39 is 0 Å². The molecule has 0 N–H and O–H groups in total. The quantitative estimate of drug-likeness (QED) is 0.751. The summed E-state index contributed by atoms with van der Waals surface area (Å²) in [4.78, 5) is 17.5. The van der Waals surface area contributed by atoms with E-state index in [1.54, 1.807) is 0 Å². The van der Waals surface area contributed by atoms with E-state index in [9.17, 15) is 4.79 Å². The SMILES string of the molecule is O=C(C1CCC1)N1CCC(N2CC(OCC3CC3)C23CCCCC3)CC1. The highest BCUT2D eigenvalue weighted by Crippen LogP contribution is 2.48.